The van der Waals surface area contributed by atoms with Crippen LogP contribution in [0.25, 0.3) is 38.8 Å². The van der Waals surface area contributed by atoms with Gasteiger partial charge in [0.15, 0.2) is 18.4 Å². The van der Waals surface area contributed by atoms with E-state index in [1.54, 1.807) is 6.92 Å². The van der Waals surface area contributed by atoms with Gasteiger partial charge in [-0.05, 0) is 79.6 Å². The normalized spacial score (nSPS) is 19.3. The van der Waals surface area contributed by atoms with E-state index in [1.807, 2.05) is 45.9 Å². The van der Waals surface area contributed by atoms with Gasteiger partial charge >= 0.3 is 41.5 Å². The van der Waals surface area contributed by atoms with Crippen molar-refractivity contribution in [1.82, 2.24) is 29.5 Å². The van der Waals surface area contributed by atoms with E-state index in [2.05, 4.69) is 21.5 Å². The summed E-state index contributed by atoms with van der Waals surface area (Å²) in [6, 6.07) is 5.50. The first-order valence-electron chi connectivity index (χ1n) is 23.5. The van der Waals surface area contributed by atoms with E-state index >= 15 is 0 Å². The minimum Gasteiger partial charge on any atom is -0.469 e. The zero-order valence-corrected chi connectivity index (χ0v) is 42.5. The fraction of sp³-hybridized carbons (Fsp3) is 0.423. The van der Waals surface area contributed by atoms with Crippen LogP contribution in [0.3, 0.4) is 0 Å². The van der Waals surface area contributed by atoms with Gasteiger partial charge in [-0.3, -0.25) is 43.3 Å². The summed E-state index contributed by atoms with van der Waals surface area (Å²) in [5.41, 5.74) is 5.93. The number of hydrogen-bond donors (Lipinski definition) is 3. The molecule has 4 aromatic rings. The molecule has 0 spiro atoms. The molecule has 21 nitrogen and oxygen atoms in total. The van der Waals surface area contributed by atoms with Crippen molar-refractivity contribution in [1.29, 1.82) is 0 Å². The summed E-state index contributed by atoms with van der Waals surface area (Å²) in [4.78, 5) is 124. The van der Waals surface area contributed by atoms with E-state index in [4.69, 9.17) is 43.1 Å². The molecule has 0 aromatic carbocycles. The van der Waals surface area contributed by atoms with Gasteiger partial charge in [0.05, 0.1) is 56.0 Å². The highest BCUT2D eigenvalue weighted by atomic mass is 16.7. The maximum atomic E-state index is 14.0. The Bertz CT molecular complexity index is 3300. The number of fused-ring (bicyclic) bond motifs is 8. The Morgan fingerprint density at radius 3 is 2.07 bits per heavy atom. The molecule has 73 heavy (non-hydrogen) atoms. The van der Waals surface area contributed by atoms with Gasteiger partial charge in [-0.25, -0.2) is 14.6 Å². The Morgan fingerprint density at radius 1 is 0.781 bits per heavy atom. The van der Waals surface area contributed by atoms with Gasteiger partial charge < -0.3 is 43.1 Å². The minimum absolute atomic E-state index is 0.000167. The van der Waals surface area contributed by atoms with E-state index in [1.165, 1.54) is 27.5 Å². The van der Waals surface area contributed by atoms with Crippen LogP contribution in [0.1, 0.15) is 129 Å². The van der Waals surface area contributed by atoms with Gasteiger partial charge in [0, 0.05) is 84.1 Å². The molecule has 0 saturated carbocycles. The second kappa shape index (κ2) is 21.4. The van der Waals surface area contributed by atoms with Crippen molar-refractivity contribution >= 4 is 74.6 Å². The maximum absolute atomic E-state index is 14.0. The Kier molecular flexibility index (Phi) is 15.5. The summed E-state index contributed by atoms with van der Waals surface area (Å²) >= 11 is 0. The first-order chi connectivity index (χ1) is 34.6. The van der Waals surface area contributed by atoms with Crippen molar-refractivity contribution in [2.45, 2.75) is 117 Å². The number of carbonyl (C=O) groups excluding carboxylic acids is 6. The molecule has 7 heterocycles. The van der Waals surface area contributed by atoms with Crippen molar-refractivity contribution < 1.29 is 61.9 Å². The van der Waals surface area contributed by atoms with Crippen LogP contribution in [0.15, 0.2) is 40.6 Å². The molecule has 386 valence electrons. The Labute approximate surface area is 418 Å². The zero-order chi connectivity index (χ0) is 53.3. The topological polar surface area (TPSA) is 279 Å². The third kappa shape index (κ3) is 10.4. The monoisotopic (exact) mass is 1010 g/mol. The standard InChI is InChI=1S/C52H58N6O15/c1-13-30-22(2)34-19-39-43(24(4)33-20-58(52(66)57-49(33)64)50-48(72-29(9)61)47(71-28(8)60)40(73-50)21-70-27(7)59)25(5)36(54-39)17-35-23(3)31(14-15-41(62)67-10)45(55-35)32(16-42(63)68-11)46-44(51(65)69-12)26(6)37(56-46)18-38(30)53-34/h17-20,23,31,40,47-48,50,53-54H,4,13-16,21H2,1-3,5-12H3,(H,57,64,66)/t23-,31-,40+,47+,48+,50?/m0/s1. The van der Waals surface area contributed by atoms with Crippen molar-refractivity contribution in [3.63, 3.8) is 0 Å². The number of nitrogens with zero attached hydrogens (tertiary/aromatic N) is 3. The van der Waals surface area contributed by atoms with Gasteiger partial charge in [-0.1, -0.05) is 20.4 Å². The number of esters is 6. The molecule has 8 bridgehead atoms. The minimum atomic E-state index is -1.50. The lowest BCUT2D eigenvalue weighted by Crippen LogP contribution is -2.42. The highest BCUT2D eigenvalue weighted by Gasteiger charge is 2.51. The molecule has 0 radical (unpaired) electrons. The molecule has 21 heteroatoms. The summed E-state index contributed by atoms with van der Waals surface area (Å²) in [6.45, 7) is 16.8. The van der Waals surface area contributed by atoms with Gasteiger partial charge in [0.25, 0.3) is 5.56 Å². The molecular weight excluding hydrogens is 949 g/mol. The van der Waals surface area contributed by atoms with Crippen LogP contribution in [0.5, 0.6) is 0 Å². The summed E-state index contributed by atoms with van der Waals surface area (Å²) in [7, 11) is 3.81. The molecule has 3 aliphatic heterocycles. The molecule has 0 aliphatic carbocycles. The predicted molar refractivity (Wildman–Crippen MR) is 264 cm³/mol. The Hall–Kier alpha value is -7.94. The van der Waals surface area contributed by atoms with Gasteiger partial charge in [0.1, 0.15) is 12.7 Å². The number of aromatic nitrogens is 6. The van der Waals surface area contributed by atoms with E-state index in [0.717, 1.165) is 36.5 Å². The summed E-state index contributed by atoms with van der Waals surface area (Å²) < 4.78 is 38.9. The van der Waals surface area contributed by atoms with Crippen LogP contribution in [0.4, 0.5) is 0 Å². The fourth-order valence-electron chi connectivity index (χ4n) is 9.82. The number of H-pyrrole nitrogens is 3. The number of aromatic amines is 3. The number of rotatable bonds is 14. The molecule has 6 atom stereocenters. The number of allylic oxidation sites excluding steroid dienone is 1. The van der Waals surface area contributed by atoms with E-state index in [-0.39, 0.29) is 41.7 Å². The molecule has 4 aromatic heterocycles. The SMILES string of the molecule is C=C(c1cn(C2O[C@H](COC(C)=O)[C@@H](OC(C)=O)[C@H]2OC(C)=O)c(=O)[nH]c1=O)c1c(C)c2cc3nc(c(CC(=O)OC)c4nc(cc5[nH]c(cc1[nH]2)c(C)c5CC)C(C)=C4C(=O)OC)[C@@H](CCC(=O)OC)[C@@H]3C. The predicted octanol–water partition coefficient (Wildman–Crippen LogP) is 5.39. The molecule has 3 N–H and O–H groups in total. The molecule has 1 saturated heterocycles. The molecule has 1 unspecified atom stereocenters. The van der Waals surface area contributed by atoms with Crippen LogP contribution in [-0.2, 0) is 74.8 Å². The van der Waals surface area contributed by atoms with Crippen LogP contribution in [-0.4, -0.2) is 112 Å². The Morgan fingerprint density at radius 2 is 1.44 bits per heavy atom. The lowest BCUT2D eigenvalue weighted by atomic mass is 9.84. The highest BCUT2D eigenvalue weighted by molar-refractivity contribution is 6.25. The molecule has 1 fully saturated rings. The maximum Gasteiger partial charge on any atom is 0.340 e. The second-order valence-electron chi connectivity index (χ2n) is 18.0. The first kappa shape index (κ1) is 52.9. The third-order valence-corrected chi connectivity index (χ3v) is 13.5. The van der Waals surface area contributed by atoms with Crippen LogP contribution in [0, 0.1) is 13.8 Å². The van der Waals surface area contributed by atoms with Crippen molar-refractivity contribution in [2.75, 3.05) is 27.9 Å². The number of ether oxygens (including phenoxy) is 7. The number of nitrogens with one attached hydrogen (secondary N) is 3. The average molecular weight is 1010 g/mol. The third-order valence-electron chi connectivity index (χ3n) is 13.5. The number of carbonyl (C=O) groups is 6. The average Bonchev–Trinajstić information content (AvgIpc) is 4.10. The van der Waals surface area contributed by atoms with Gasteiger partial charge in [-0.15, -0.1) is 0 Å². The van der Waals surface area contributed by atoms with Gasteiger partial charge in [-0.2, -0.15) is 0 Å². The van der Waals surface area contributed by atoms with Crippen molar-refractivity contribution in [2.24, 2.45) is 0 Å². The zero-order valence-electron chi connectivity index (χ0n) is 42.5. The van der Waals surface area contributed by atoms with E-state index < -0.39 is 90.0 Å². The van der Waals surface area contributed by atoms with Crippen LogP contribution < -0.4 is 11.2 Å². The molecule has 7 rings (SSSR count). The molecule has 3 aliphatic rings. The van der Waals surface area contributed by atoms with Crippen molar-refractivity contribution in [3.8, 4) is 0 Å². The second-order valence-corrected chi connectivity index (χ2v) is 18.0. The number of methoxy groups -OCH3 is 3. The van der Waals surface area contributed by atoms with Crippen LogP contribution >= 0.6 is 0 Å². The summed E-state index contributed by atoms with van der Waals surface area (Å²) in [5, 5.41) is 0. The fourth-order valence-corrected chi connectivity index (χ4v) is 9.82. The van der Waals surface area contributed by atoms with Gasteiger partial charge in [0.2, 0.25) is 0 Å². The number of aryl methyl sites for hydroxylation is 3. The molecular formula is C52H58N6O15. The number of hydrogen-bond acceptors (Lipinski definition) is 17. The van der Waals surface area contributed by atoms with E-state index in [9.17, 15) is 38.4 Å². The van der Waals surface area contributed by atoms with Crippen molar-refractivity contribution in [3.05, 3.63) is 108 Å². The smallest absolute Gasteiger partial charge is 0.340 e. The summed E-state index contributed by atoms with van der Waals surface area (Å²) in [6.07, 6.45) is -3.79. The lowest BCUT2D eigenvalue weighted by molar-refractivity contribution is -0.166. The van der Waals surface area contributed by atoms with E-state index in [0.29, 0.717) is 67.8 Å². The quantitative estimate of drug-likeness (QED) is 0.105. The van der Waals surface area contributed by atoms with Crippen LogP contribution in [0.2, 0.25) is 0 Å². The largest absolute Gasteiger partial charge is 0.469 e. The highest BCUT2D eigenvalue weighted by Crippen LogP contribution is 2.44. The first-order valence-corrected chi connectivity index (χ1v) is 23.5. The summed E-state index contributed by atoms with van der Waals surface area (Å²) in [5.74, 6) is -4.92. The molecule has 0 amide bonds. The lowest BCUT2D eigenvalue weighted by Gasteiger charge is -2.24. The Balaban J connectivity index is 1.54.